The van der Waals surface area contributed by atoms with Crippen molar-refractivity contribution in [2.24, 2.45) is 0 Å². The lowest BCUT2D eigenvalue weighted by Gasteiger charge is -2.19. The minimum Gasteiger partial charge on any atom is -0.507 e. The second kappa shape index (κ2) is 7.83. The third kappa shape index (κ3) is 5.08. The van der Waals surface area contributed by atoms with Gasteiger partial charge in [0.05, 0.1) is 5.56 Å². The first-order chi connectivity index (χ1) is 11.8. The van der Waals surface area contributed by atoms with E-state index >= 15 is 0 Å². The van der Waals surface area contributed by atoms with E-state index in [-0.39, 0.29) is 35.1 Å². The Morgan fingerprint density at radius 2 is 1.44 bits per heavy atom. The van der Waals surface area contributed by atoms with Gasteiger partial charge in [-0.1, -0.05) is 45.0 Å². The number of rotatable bonds is 5. The van der Waals surface area contributed by atoms with Gasteiger partial charge in [-0.15, -0.1) is 0 Å². The van der Waals surface area contributed by atoms with Gasteiger partial charge in [-0.05, 0) is 35.2 Å². The van der Waals surface area contributed by atoms with E-state index in [2.05, 4.69) is 31.4 Å². The summed E-state index contributed by atoms with van der Waals surface area (Å²) in [6, 6.07) is 13.8. The molecule has 0 saturated heterocycles. The van der Waals surface area contributed by atoms with E-state index in [0.29, 0.717) is 12.1 Å². The molecule has 0 aliphatic rings. The summed E-state index contributed by atoms with van der Waals surface area (Å²) in [5, 5.41) is 15.0. The molecule has 132 valence electrons. The molecule has 3 N–H and O–H groups in total. The Bertz CT molecular complexity index is 746. The van der Waals surface area contributed by atoms with Crippen molar-refractivity contribution in [3.63, 3.8) is 0 Å². The van der Waals surface area contributed by atoms with Crippen LogP contribution >= 0.6 is 0 Å². The number of hydrogen-bond donors (Lipinski definition) is 3. The van der Waals surface area contributed by atoms with Crippen LogP contribution in [0.25, 0.3) is 0 Å². The lowest BCUT2D eigenvalue weighted by atomic mass is 9.87. The first-order valence-electron chi connectivity index (χ1n) is 8.24. The van der Waals surface area contributed by atoms with Gasteiger partial charge in [0.15, 0.2) is 0 Å². The zero-order valence-corrected chi connectivity index (χ0v) is 14.8. The third-order valence-electron chi connectivity index (χ3n) is 3.86. The minimum atomic E-state index is -0.373. The Morgan fingerprint density at radius 1 is 0.880 bits per heavy atom. The molecule has 2 aromatic carbocycles. The van der Waals surface area contributed by atoms with E-state index in [9.17, 15) is 14.7 Å². The number of para-hydroxylation sites is 1. The van der Waals surface area contributed by atoms with Crippen LogP contribution in [0.5, 0.6) is 5.75 Å². The predicted molar refractivity (Wildman–Crippen MR) is 97.9 cm³/mol. The molecule has 0 unspecified atom stereocenters. The second-order valence-corrected chi connectivity index (χ2v) is 6.86. The maximum absolute atomic E-state index is 12.1. The van der Waals surface area contributed by atoms with E-state index in [1.165, 1.54) is 11.6 Å². The predicted octanol–water partition coefficient (Wildman–Crippen LogP) is 2.85. The summed E-state index contributed by atoms with van der Waals surface area (Å²) in [5.74, 6) is -0.623. The number of nitrogens with one attached hydrogen (secondary N) is 2. The first kappa shape index (κ1) is 18.5. The van der Waals surface area contributed by atoms with Crippen LogP contribution in [0.1, 0.15) is 47.1 Å². The number of benzene rings is 2. The monoisotopic (exact) mass is 340 g/mol. The molecule has 5 heteroatoms. The zero-order chi connectivity index (χ0) is 18.4. The molecule has 0 bridgehead atoms. The largest absolute Gasteiger partial charge is 0.507 e. The normalized spacial score (nSPS) is 11.0. The van der Waals surface area contributed by atoms with Crippen molar-refractivity contribution in [1.29, 1.82) is 0 Å². The summed E-state index contributed by atoms with van der Waals surface area (Å²) in [6.45, 7) is 6.94. The fourth-order valence-electron chi connectivity index (χ4n) is 2.34. The van der Waals surface area contributed by atoms with Crippen molar-refractivity contribution >= 4 is 11.8 Å². The molecule has 0 atom stereocenters. The van der Waals surface area contributed by atoms with Crippen molar-refractivity contribution in [2.45, 2.75) is 26.2 Å². The van der Waals surface area contributed by atoms with Crippen LogP contribution in [0.15, 0.2) is 48.5 Å². The summed E-state index contributed by atoms with van der Waals surface area (Å²) >= 11 is 0. The van der Waals surface area contributed by atoms with Crippen LogP contribution < -0.4 is 10.6 Å². The topological polar surface area (TPSA) is 78.4 Å². The average molecular weight is 340 g/mol. The smallest absolute Gasteiger partial charge is 0.255 e. The molecular weight excluding hydrogens is 316 g/mol. The van der Waals surface area contributed by atoms with Crippen molar-refractivity contribution in [2.75, 3.05) is 13.1 Å². The highest BCUT2D eigenvalue weighted by Gasteiger charge is 2.14. The molecule has 2 rings (SSSR count). The van der Waals surface area contributed by atoms with Crippen LogP contribution in [-0.2, 0) is 5.41 Å². The molecule has 0 aromatic heterocycles. The van der Waals surface area contributed by atoms with Crippen LogP contribution in [0.3, 0.4) is 0 Å². The maximum atomic E-state index is 12.1. The summed E-state index contributed by atoms with van der Waals surface area (Å²) in [5.41, 5.74) is 2.01. The second-order valence-electron chi connectivity index (χ2n) is 6.86. The van der Waals surface area contributed by atoms with Crippen LogP contribution in [0.2, 0.25) is 0 Å². The highest BCUT2D eigenvalue weighted by Crippen LogP contribution is 2.22. The average Bonchev–Trinajstić information content (AvgIpc) is 2.58. The number of carbonyl (C=O) groups is 2. The van der Waals surface area contributed by atoms with Crippen LogP contribution in [0, 0.1) is 0 Å². The fourth-order valence-corrected chi connectivity index (χ4v) is 2.34. The Kier molecular flexibility index (Phi) is 5.80. The van der Waals surface area contributed by atoms with E-state index in [1.54, 1.807) is 30.3 Å². The van der Waals surface area contributed by atoms with Gasteiger partial charge in [-0.2, -0.15) is 0 Å². The fraction of sp³-hybridized carbons (Fsp3) is 0.300. The molecule has 25 heavy (non-hydrogen) atoms. The van der Waals surface area contributed by atoms with Crippen LogP contribution in [0.4, 0.5) is 0 Å². The van der Waals surface area contributed by atoms with Gasteiger partial charge < -0.3 is 15.7 Å². The lowest BCUT2D eigenvalue weighted by molar-refractivity contribution is 0.0926. The Balaban J connectivity index is 1.81. The van der Waals surface area contributed by atoms with Gasteiger partial charge in [-0.3, -0.25) is 9.59 Å². The third-order valence-corrected chi connectivity index (χ3v) is 3.86. The Labute approximate surface area is 148 Å². The highest BCUT2D eigenvalue weighted by molar-refractivity contribution is 5.97. The first-order valence-corrected chi connectivity index (χ1v) is 8.24. The lowest BCUT2D eigenvalue weighted by Crippen LogP contribution is -2.34. The molecule has 0 fully saturated rings. The maximum Gasteiger partial charge on any atom is 0.255 e. The molecule has 0 saturated carbocycles. The molecule has 0 spiro atoms. The van der Waals surface area contributed by atoms with Crippen LogP contribution in [-0.4, -0.2) is 30.0 Å². The van der Waals surface area contributed by atoms with Gasteiger partial charge in [0.2, 0.25) is 0 Å². The van der Waals surface area contributed by atoms with Crippen molar-refractivity contribution < 1.29 is 14.7 Å². The number of hydrogen-bond acceptors (Lipinski definition) is 3. The zero-order valence-electron chi connectivity index (χ0n) is 14.8. The summed E-state index contributed by atoms with van der Waals surface area (Å²) in [6.07, 6.45) is 0. The number of amides is 2. The molecular formula is C20H24N2O3. The number of phenols is 1. The van der Waals surface area contributed by atoms with Crippen molar-refractivity contribution in [3.05, 3.63) is 65.2 Å². The molecule has 2 amide bonds. The van der Waals surface area contributed by atoms with Crippen molar-refractivity contribution in [1.82, 2.24) is 10.6 Å². The van der Waals surface area contributed by atoms with Gasteiger partial charge >= 0.3 is 0 Å². The minimum absolute atomic E-state index is 0.0439. The quantitative estimate of drug-likeness (QED) is 0.732. The Morgan fingerprint density at radius 3 is 2.00 bits per heavy atom. The SMILES string of the molecule is CC(C)(C)c1ccc(C(=O)NCCNC(=O)c2ccccc2O)cc1. The summed E-state index contributed by atoms with van der Waals surface area (Å²) < 4.78 is 0. The molecule has 0 aliphatic heterocycles. The van der Waals surface area contributed by atoms with Gasteiger partial charge in [0, 0.05) is 18.7 Å². The molecule has 0 aliphatic carbocycles. The van der Waals surface area contributed by atoms with Gasteiger partial charge in [0.1, 0.15) is 5.75 Å². The molecule has 0 radical (unpaired) electrons. The molecule has 2 aromatic rings. The van der Waals surface area contributed by atoms with E-state index in [0.717, 1.165) is 0 Å². The standard InChI is InChI=1S/C20H24N2O3/c1-20(2,3)15-10-8-14(9-11-15)18(24)21-12-13-22-19(25)16-6-4-5-7-17(16)23/h4-11,23H,12-13H2,1-3H3,(H,21,24)(H,22,25). The number of phenolic OH excluding ortho intramolecular Hbond substituents is 1. The highest BCUT2D eigenvalue weighted by atomic mass is 16.3. The van der Waals surface area contributed by atoms with E-state index in [4.69, 9.17) is 0 Å². The summed E-state index contributed by atoms with van der Waals surface area (Å²) in [7, 11) is 0. The number of aromatic hydroxyl groups is 1. The van der Waals surface area contributed by atoms with Gasteiger partial charge in [0.25, 0.3) is 11.8 Å². The van der Waals surface area contributed by atoms with E-state index < -0.39 is 0 Å². The summed E-state index contributed by atoms with van der Waals surface area (Å²) in [4.78, 5) is 24.0. The van der Waals surface area contributed by atoms with Gasteiger partial charge in [-0.25, -0.2) is 0 Å². The molecule has 0 heterocycles. The molecule has 5 nitrogen and oxygen atoms in total. The number of carbonyl (C=O) groups excluding carboxylic acids is 2. The Hall–Kier alpha value is -2.82. The van der Waals surface area contributed by atoms with E-state index in [1.807, 2.05) is 12.1 Å². The van der Waals surface area contributed by atoms with Crippen molar-refractivity contribution in [3.8, 4) is 5.75 Å².